The molecule has 0 saturated heterocycles. The summed E-state index contributed by atoms with van der Waals surface area (Å²) in [6, 6.07) is 18.4. The molecule has 2 aromatic carbocycles. The normalized spacial score (nSPS) is 15.7. The van der Waals surface area contributed by atoms with Crippen molar-refractivity contribution in [1.29, 1.82) is 0 Å². The molecule has 0 aromatic heterocycles. The minimum Gasteiger partial charge on any atom is -0.373 e. The van der Waals surface area contributed by atoms with Crippen molar-refractivity contribution in [2.45, 2.75) is 31.9 Å². The molecular weight excluding hydrogens is 348 g/mol. The monoisotopic (exact) mass is 374 g/mol. The second-order valence-electron chi connectivity index (χ2n) is 6.46. The smallest absolute Gasteiger partial charge is 0.225 e. The first kappa shape index (κ1) is 20.4. The number of hydrogen-bond donors (Lipinski definition) is 1. The maximum Gasteiger partial charge on any atom is 0.225 e. The molecule has 1 unspecified atom stereocenters. The number of rotatable bonds is 7. The van der Waals surface area contributed by atoms with Crippen molar-refractivity contribution in [3.05, 3.63) is 71.3 Å². The quantitative estimate of drug-likeness (QED) is 0.807. The molecule has 2 aromatic rings. The number of fused-ring (bicyclic) bond motifs is 1. The van der Waals surface area contributed by atoms with Crippen LogP contribution in [0.25, 0.3) is 0 Å². The zero-order valence-corrected chi connectivity index (χ0v) is 15.8. The average Bonchev–Trinajstić information content (AvgIpc) is 2.66. The number of nitrogens with two attached hydrogens (primary N) is 1. The van der Waals surface area contributed by atoms with Gasteiger partial charge in [-0.1, -0.05) is 54.6 Å². The zero-order chi connectivity index (χ0) is 17.5. The number of amides is 1. The number of carbonyl (C=O) groups excluding carboxylic acids is 1. The highest BCUT2D eigenvalue weighted by molar-refractivity contribution is 5.85. The maximum atomic E-state index is 12.9. The zero-order valence-electron chi connectivity index (χ0n) is 15.0. The summed E-state index contributed by atoms with van der Waals surface area (Å²) in [6.45, 7) is 2.56. The van der Waals surface area contributed by atoms with Gasteiger partial charge in [0, 0.05) is 13.1 Å². The predicted octanol–water partition coefficient (Wildman–Crippen LogP) is 3.49. The fraction of sp³-hybridized carbons (Fsp3) is 0.381. The minimum atomic E-state index is -0.145. The van der Waals surface area contributed by atoms with E-state index in [2.05, 4.69) is 24.3 Å². The Labute approximate surface area is 161 Å². The van der Waals surface area contributed by atoms with E-state index < -0.39 is 0 Å². The molecule has 0 bridgehead atoms. The summed E-state index contributed by atoms with van der Waals surface area (Å²) in [5, 5.41) is 0. The van der Waals surface area contributed by atoms with Crippen LogP contribution in [0.5, 0.6) is 0 Å². The van der Waals surface area contributed by atoms with Gasteiger partial charge < -0.3 is 15.4 Å². The van der Waals surface area contributed by atoms with Gasteiger partial charge >= 0.3 is 0 Å². The minimum absolute atomic E-state index is 0. The molecule has 1 heterocycles. The molecule has 1 aliphatic heterocycles. The third kappa shape index (κ3) is 5.31. The van der Waals surface area contributed by atoms with E-state index in [0.29, 0.717) is 32.7 Å². The van der Waals surface area contributed by atoms with E-state index in [-0.39, 0.29) is 24.4 Å². The molecular formula is C21H27ClN2O2. The fourth-order valence-corrected chi connectivity index (χ4v) is 3.31. The Morgan fingerprint density at radius 3 is 2.62 bits per heavy atom. The van der Waals surface area contributed by atoms with Gasteiger partial charge in [-0.15, -0.1) is 12.4 Å². The van der Waals surface area contributed by atoms with Crippen LogP contribution in [0.15, 0.2) is 54.6 Å². The van der Waals surface area contributed by atoms with Crippen LogP contribution in [-0.2, 0) is 22.5 Å². The summed E-state index contributed by atoms with van der Waals surface area (Å²) in [7, 11) is 0. The number of hydrogen-bond acceptors (Lipinski definition) is 3. The molecule has 2 N–H and O–H groups in total. The molecule has 3 rings (SSSR count). The van der Waals surface area contributed by atoms with Gasteiger partial charge in [0.1, 0.15) is 0 Å². The first-order chi connectivity index (χ1) is 12.3. The van der Waals surface area contributed by atoms with Crippen molar-refractivity contribution in [3.8, 4) is 0 Å². The van der Waals surface area contributed by atoms with Gasteiger partial charge in [0.05, 0.1) is 19.1 Å². The van der Waals surface area contributed by atoms with Gasteiger partial charge in [-0.25, -0.2) is 0 Å². The van der Waals surface area contributed by atoms with Crippen molar-refractivity contribution >= 4 is 18.3 Å². The third-order valence-electron chi connectivity index (χ3n) is 4.65. The van der Waals surface area contributed by atoms with Crippen LogP contribution < -0.4 is 5.73 Å². The van der Waals surface area contributed by atoms with E-state index >= 15 is 0 Å². The largest absolute Gasteiger partial charge is 0.373 e. The standard InChI is InChI=1S/C21H26N2O2.ClH/c22-12-6-13-23(16-17-7-2-1-3-8-17)21(24)15-20-19-10-5-4-9-18(19)11-14-25-20;/h1-5,7-10,20H,6,11-16,22H2;1H. The fourth-order valence-electron chi connectivity index (χ4n) is 3.31. The molecule has 0 fully saturated rings. The van der Waals surface area contributed by atoms with Crippen molar-refractivity contribution in [2.24, 2.45) is 5.73 Å². The SMILES string of the molecule is Cl.NCCCN(Cc1ccccc1)C(=O)CC1OCCc2ccccc21. The molecule has 5 heteroatoms. The molecule has 0 spiro atoms. The summed E-state index contributed by atoms with van der Waals surface area (Å²) < 4.78 is 5.91. The van der Waals surface area contributed by atoms with Crippen molar-refractivity contribution in [3.63, 3.8) is 0 Å². The lowest BCUT2D eigenvalue weighted by atomic mass is 9.95. The number of ether oxygens (including phenoxy) is 1. The van der Waals surface area contributed by atoms with Gasteiger partial charge in [0.25, 0.3) is 0 Å². The van der Waals surface area contributed by atoms with Crippen LogP contribution in [0.1, 0.15) is 35.6 Å². The van der Waals surface area contributed by atoms with Crippen molar-refractivity contribution < 1.29 is 9.53 Å². The Kier molecular flexibility index (Phi) is 8.10. The summed E-state index contributed by atoms with van der Waals surface area (Å²) in [4.78, 5) is 14.8. The highest BCUT2D eigenvalue weighted by Crippen LogP contribution is 2.30. The van der Waals surface area contributed by atoms with Crippen LogP contribution in [-0.4, -0.2) is 30.5 Å². The lowest BCUT2D eigenvalue weighted by Crippen LogP contribution is -2.34. The molecule has 1 amide bonds. The van der Waals surface area contributed by atoms with E-state index in [0.717, 1.165) is 24.0 Å². The molecule has 1 aliphatic rings. The molecule has 26 heavy (non-hydrogen) atoms. The second-order valence-corrected chi connectivity index (χ2v) is 6.46. The number of halogens is 1. The molecule has 0 saturated carbocycles. The van der Waals surface area contributed by atoms with E-state index in [1.54, 1.807) is 0 Å². The van der Waals surface area contributed by atoms with Gasteiger partial charge in [0.15, 0.2) is 0 Å². The second kappa shape index (κ2) is 10.3. The van der Waals surface area contributed by atoms with Crippen LogP contribution in [0.2, 0.25) is 0 Å². The van der Waals surface area contributed by atoms with Crippen LogP contribution in [0.3, 0.4) is 0 Å². The van der Waals surface area contributed by atoms with Gasteiger partial charge in [-0.05, 0) is 36.1 Å². The molecule has 4 nitrogen and oxygen atoms in total. The number of nitrogens with zero attached hydrogens (tertiary/aromatic N) is 1. The van der Waals surface area contributed by atoms with E-state index in [4.69, 9.17) is 10.5 Å². The maximum absolute atomic E-state index is 12.9. The average molecular weight is 375 g/mol. The van der Waals surface area contributed by atoms with Gasteiger partial charge in [-0.2, -0.15) is 0 Å². The number of benzene rings is 2. The summed E-state index contributed by atoms with van der Waals surface area (Å²) in [5.41, 5.74) is 9.24. The van der Waals surface area contributed by atoms with Crippen molar-refractivity contribution in [1.82, 2.24) is 4.90 Å². The van der Waals surface area contributed by atoms with Crippen LogP contribution in [0, 0.1) is 0 Å². The van der Waals surface area contributed by atoms with Crippen molar-refractivity contribution in [2.75, 3.05) is 19.7 Å². The highest BCUT2D eigenvalue weighted by Gasteiger charge is 2.25. The lowest BCUT2D eigenvalue weighted by molar-refractivity contribution is -0.135. The summed E-state index contributed by atoms with van der Waals surface area (Å²) >= 11 is 0. The van der Waals surface area contributed by atoms with Crippen LogP contribution >= 0.6 is 12.4 Å². The van der Waals surface area contributed by atoms with E-state index in [1.165, 1.54) is 5.56 Å². The topological polar surface area (TPSA) is 55.6 Å². The highest BCUT2D eigenvalue weighted by atomic mass is 35.5. The molecule has 0 radical (unpaired) electrons. The third-order valence-corrected chi connectivity index (χ3v) is 4.65. The number of carbonyl (C=O) groups is 1. The van der Waals surface area contributed by atoms with Gasteiger partial charge in [0.2, 0.25) is 5.91 Å². The molecule has 0 aliphatic carbocycles. The molecule has 140 valence electrons. The van der Waals surface area contributed by atoms with Crippen LogP contribution in [0.4, 0.5) is 0 Å². The molecule has 1 atom stereocenters. The Hall–Kier alpha value is -1.88. The van der Waals surface area contributed by atoms with E-state index in [1.807, 2.05) is 35.2 Å². The Morgan fingerprint density at radius 1 is 1.12 bits per heavy atom. The van der Waals surface area contributed by atoms with E-state index in [9.17, 15) is 4.79 Å². The Bertz CT molecular complexity index is 693. The first-order valence-corrected chi connectivity index (χ1v) is 8.99. The first-order valence-electron chi connectivity index (χ1n) is 8.99. The Balaban J connectivity index is 0.00000243. The Morgan fingerprint density at radius 2 is 1.85 bits per heavy atom. The summed E-state index contributed by atoms with van der Waals surface area (Å²) in [5.74, 6) is 0.124. The summed E-state index contributed by atoms with van der Waals surface area (Å²) in [6.07, 6.45) is 1.96. The predicted molar refractivity (Wildman–Crippen MR) is 106 cm³/mol. The lowest BCUT2D eigenvalue weighted by Gasteiger charge is -2.29. The van der Waals surface area contributed by atoms with Gasteiger partial charge in [-0.3, -0.25) is 4.79 Å².